The molecule has 0 saturated heterocycles. The highest BCUT2D eigenvalue weighted by Gasteiger charge is 2.42. The van der Waals surface area contributed by atoms with Crippen LogP contribution in [-0.4, -0.2) is 50.5 Å². The molecule has 0 aliphatic heterocycles. The molecule has 2 rings (SSSR count). The van der Waals surface area contributed by atoms with E-state index in [0.717, 1.165) is 31.6 Å². The van der Waals surface area contributed by atoms with Gasteiger partial charge in [0.15, 0.2) is 5.96 Å². The summed E-state index contributed by atoms with van der Waals surface area (Å²) in [5.74, 6) is 1.35. The average Bonchev–Trinajstić information content (AvgIpc) is 3.14. The zero-order valence-electron chi connectivity index (χ0n) is 16.9. The number of hydrogen-bond donors (Lipinski definition) is 2. The second-order valence-corrected chi connectivity index (χ2v) is 7.75. The van der Waals surface area contributed by atoms with Gasteiger partial charge in [0.1, 0.15) is 0 Å². The summed E-state index contributed by atoms with van der Waals surface area (Å²) in [6, 6.07) is 10.7. The highest BCUT2D eigenvalue weighted by atomic mass is 16.2. The maximum absolute atomic E-state index is 12.7. The van der Waals surface area contributed by atoms with E-state index in [2.05, 4.69) is 53.7 Å². The van der Waals surface area contributed by atoms with Crippen LogP contribution >= 0.6 is 0 Å². The number of carbonyl (C=O) groups excluding carboxylic acids is 1. The molecule has 1 saturated carbocycles. The van der Waals surface area contributed by atoms with Crippen molar-refractivity contribution in [2.45, 2.75) is 51.5 Å². The molecule has 5 heteroatoms. The third-order valence-electron chi connectivity index (χ3n) is 5.68. The zero-order valence-corrected chi connectivity index (χ0v) is 16.9. The van der Waals surface area contributed by atoms with E-state index in [1.54, 1.807) is 11.9 Å². The van der Waals surface area contributed by atoms with Crippen molar-refractivity contribution < 1.29 is 4.79 Å². The Morgan fingerprint density at radius 1 is 1.19 bits per heavy atom. The molecule has 1 aliphatic rings. The molecule has 5 nitrogen and oxygen atoms in total. The SMILES string of the molecule is CN=C(NCC1(C(=O)N(C)C)CCCC1)NC(C)C(C)c1ccccc1. The molecule has 0 bridgehead atoms. The van der Waals surface area contributed by atoms with Crippen LogP contribution in [0.2, 0.25) is 0 Å². The van der Waals surface area contributed by atoms with Crippen molar-refractivity contribution in [3.63, 3.8) is 0 Å². The number of benzene rings is 1. The Hall–Kier alpha value is -2.04. The first kappa shape index (κ1) is 20.3. The Morgan fingerprint density at radius 2 is 1.81 bits per heavy atom. The van der Waals surface area contributed by atoms with Crippen molar-refractivity contribution in [3.05, 3.63) is 35.9 Å². The van der Waals surface area contributed by atoms with Crippen LogP contribution in [0.3, 0.4) is 0 Å². The summed E-state index contributed by atoms with van der Waals surface area (Å²) in [4.78, 5) is 18.8. The van der Waals surface area contributed by atoms with Crippen molar-refractivity contribution in [2.75, 3.05) is 27.7 Å². The molecule has 2 N–H and O–H groups in total. The van der Waals surface area contributed by atoms with Crippen LogP contribution in [0.15, 0.2) is 35.3 Å². The molecule has 144 valence electrons. The van der Waals surface area contributed by atoms with Crippen LogP contribution in [0.4, 0.5) is 0 Å². The predicted molar refractivity (Wildman–Crippen MR) is 108 cm³/mol. The molecule has 1 aromatic carbocycles. The Kier molecular flexibility index (Phi) is 7.06. The molecular formula is C21H34N4O. The van der Waals surface area contributed by atoms with Crippen LogP contribution in [-0.2, 0) is 4.79 Å². The maximum Gasteiger partial charge on any atom is 0.230 e. The van der Waals surface area contributed by atoms with Crippen LogP contribution in [0.25, 0.3) is 0 Å². The van der Waals surface area contributed by atoms with E-state index >= 15 is 0 Å². The van der Waals surface area contributed by atoms with Crippen LogP contribution in [0, 0.1) is 5.41 Å². The topological polar surface area (TPSA) is 56.7 Å². The predicted octanol–water partition coefficient (Wildman–Crippen LogP) is 2.99. The number of nitrogens with one attached hydrogen (secondary N) is 2. The fourth-order valence-electron chi connectivity index (χ4n) is 3.83. The molecule has 0 radical (unpaired) electrons. The van der Waals surface area contributed by atoms with E-state index in [1.165, 1.54) is 5.56 Å². The average molecular weight is 359 g/mol. The molecule has 26 heavy (non-hydrogen) atoms. The van der Waals surface area contributed by atoms with Gasteiger partial charge in [-0.25, -0.2) is 0 Å². The molecule has 1 aromatic rings. The number of amides is 1. The Bertz CT molecular complexity index is 606. The van der Waals surface area contributed by atoms with Gasteiger partial charge in [0, 0.05) is 39.6 Å². The molecule has 0 heterocycles. The minimum atomic E-state index is -0.296. The van der Waals surface area contributed by atoms with Gasteiger partial charge in [0.2, 0.25) is 5.91 Å². The minimum Gasteiger partial charge on any atom is -0.355 e. The van der Waals surface area contributed by atoms with Gasteiger partial charge >= 0.3 is 0 Å². The molecule has 1 aliphatic carbocycles. The lowest BCUT2D eigenvalue weighted by atomic mass is 9.84. The number of hydrogen-bond acceptors (Lipinski definition) is 2. The van der Waals surface area contributed by atoms with Crippen LogP contribution in [0.5, 0.6) is 0 Å². The normalized spacial score (nSPS) is 18.9. The van der Waals surface area contributed by atoms with Crippen molar-refractivity contribution in [2.24, 2.45) is 10.4 Å². The summed E-state index contributed by atoms with van der Waals surface area (Å²) >= 11 is 0. The summed E-state index contributed by atoms with van der Waals surface area (Å²) in [6.45, 7) is 5.02. The van der Waals surface area contributed by atoms with E-state index in [9.17, 15) is 4.79 Å². The molecule has 1 fully saturated rings. The number of rotatable bonds is 6. The van der Waals surface area contributed by atoms with Crippen molar-refractivity contribution in [3.8, 4) is 0 Å². The molecule has 2 atom stereocenters. The standard InChI is InChI=1S/C21H34N4O/c1-16(18-11-7-6-8-12-18)17(2)24-20(22-3)23-15-21(13-9-10-14-21)19(26)25(4)5/h6-8,11-12,16-17H,9-10,13-15H2,1-5H3,(H2,22,23,24). The molecule has 0 aromatic heterocycles. The van der Waals surface area contributed by atoms with Crippen molar-refractivity contribution in [1.82, 2.24) is 15.5 Å². The van der Waals surface area contributed by atoms with Gasteiger partial charge in [-0.15, -0.1) is 0 Å². The summed E-state index contributed by atoms with van der Waals surface area (Å²) in [5, 5.41) is 6.90. The van der Waals surface area contributed by atoms with Gasteiger partial charge in [-0.05, 0) is 25.3 Å². The summed E-state index contributed by atoms with van der Waals surface area (Å²) in [7, 11) is 5.47. The van der Waals surface area contributed by atoms with E-state index < -0.39 is 0 Å². The van der Waals surface area contributed by atoms with E-state index in [1.807, 2.05) is 20.2 Å². The quantitative estimate of drug-likeness (QED) is 0.607. The van der Waals surface area contributed by atoms with E-state index in [4.69, 9.17) is 0 Å². The fraction of sp³-hybridized carbons (Fsp3) is 0.619. The highest BCUT2D eigenvalue weighted by molar-refractivity contribution is 5.85. The van der Waals surface area contributed by atoms with Crippen LogP contribution in [0.1, 0.15) is 51.0 Å². The Balaban J connectivity index is 1.97. The van der Waals surface area contributed by atoms with Gasteiger partial charge in [0.25, 0.3) is 0 Å². The van der Waals surface area contributed by atoms with Gasteiger partial charge in [-0.1, -0.05) is 50.1 Å². The van der Waals surface area contributed by atoms with Crippen molar-refractivity contribution in [1.29, 1.82) is 0 Å². The number of carbonyl (C=O) groups is 1. The lowest BCUT2D eigenvalue weighted by Gasteiger charge is -2.32. The summed E-state index contributed by atoms with van der Waals surface area (Å²) in [5.41, 5.74) is 1.01. The zero-order chi connectivity index (χ0) is 19.2. The number of aliphatic imine (C=N–C) groups is 1. The fourth-order valence-corrected chi connectivity index (χ4v) is 3.83. The Labute approximate surface area is 158 Å². The smallest absolute Gasteiger partial charge is 0.230 e. The molecule has 0 spiro atoms. The van der Waals surface area contributed by atoms with E-state index in [0.29, 0.717) is 12.5 Å². The summed E-state index contributed by atoms with van der Waals surface area (Å²) < 4.78 is 0. The first-order chi connectivity index (χ1) is 12.4. The maximum atomic E-state index is 12.7. The molecule has 1 amide bonds. The third kappa shape index (κ3) is 4.77. The monoisotopic (exact) mass is 358 g/mol. The van der Waals surface area contributed by atoms with Gasteiger partial charge in [-0.3, -0.25) is 9.79 Å². The first-order valence-corrected chi connectivity index (χ1v) is 9.63. The lowest BCUT2D eigenvalue weighted by Crippen LogP contribution is -2.51. The largest absolute Gasteiger partial charge is 0.355 e. The summed E-state index contributed by atoms with van der Waals surface area (Å²) in [6.07, 6.45) is 4.14. The van der Waals surface area contributed by atoms with Gasteiger partial charge in [-0.2, -0.15) is 0 Å². The highest BCUT2D eigenvalue weighted by Crippen LogP contribution is 2.38. The second kappa shape index (κ2) is 9.06. The second-order valence-electron chi connectivity index (χ2n) is 7.75. The number of guanidine groups is 1. The third-order valence-corrected chi connectivity index (χ3v) is 5.68. The Morgan fingerprint density at radius 3 is 2.35 bits per heavy atom. The van der Waals surface area contributed by atoms with Crippen molar-refractivity contribution >= 4 is 11.9 Å². The first-order valence-electron chi connectivity index (χ1n) is 9.63. The molecule has 2 unspecified atom stereocenters. The van der Waals surface area contributed by atoms with E-state index in [-0.39, 0.29) is 17.4 Å². The van der Waals surface area contributed by atoms with Crippen LogP contribution < -0.4 is 10.6 Å². The lowest BCUT2D eigenvalue weighted by molar-refractivity contribution is -0.138. The number of nitrogens with zero attached hydrogens (tertiary/aromatic N) is 2. The van der Waals surface area contributed by atoms with Gasteiger partial charge < -0.3 is 15.5 Å². The molecular weight excluding hydrogens is 324 g/mol. The van der Waals surface area contributed by atoms with Gasteiger partial charge in [0.05, 0.1) is 5.41 Å². The minimum absolute atomic E-state index is 0.226.